The molecule has 0 unspecified atom stereocenters. The highest BCUT2D eigenvalue weighted by Crippen LogP contribution is 2.07. The van der Waals surface area contributed by atoms with Crippen molar-refractivity contribution >= 4 is 11.8 Å². The first kappa shape index (κ1) is 14.7. The van der Waals surface area contributed by atoms with Crippen LogP contribution in [0.15, 0.2) is 48.5 Å². The summed E-state index contributed by atoms with van der Waals surface area (Å²) in [6.07, 6.45) is 0. The van der Waals surface area contributed by atoms with Gasteiger partial charge in [-0.2, -0.15) is 0 Å². The summed E-state index contributed by atoms with van der Waals surface area (Å²) in [4.78, 5) is 23.2. The Balaban J connectivity index is 2.03. The van der Waals surface area contributed by atoms with Crippen LogP contribution in [-0.4, -0.2) is 11.8 Å². The third-order valence-electron chi connectivity index (χ3n) is 3.09. The number of nitrogens with one attached hydrogen (secondary N) is 1. The first-order valence-corrected chi connectivity index (χ1v) is 6.56. The molecule has 0 aliphatic heterocycles. The Morgan fingerprint density at radius 2 is 1.57 bits per heavy atom. The molecular weight excluding hydrogens is 266 g/mol. The molecule has 2 rings (SSSR count). The molecule has 0 heterocycles. The van der Waals surface area contributed by atoms with Crippen LogP contribution < -0.4 is 16.8 Å². The zero-order valence-corrected chi connectivity index (χ0v) is 11.5. The predicted molar refractivity (Wildman–Crippen MR) is 80.5 cm³/mol. The molecule has 0 atom stereocenters. The summed E-state index contributed by atoms with van der Waals surface area (Å²) in [6, 6.07) is 14.0. The van der Waals surface area contributed by atoms with E-state index in [-0.39, 0.29) is 5.91 Å². The lowest BCUT2D eigenvalue weighted by atomic mass is 10.1. The van der Waals surface area contributed by atoms with Crippen molar-refractivity contribution in [3.05, 3.63) is 70.8 Å². The Bertz CT molecular complexity index is 668. The first-order valence-electron chi connectivity index (χ1n) is 6.56. The van der Waals surface area contributed by atoms with Gasteiger partial charge in [0.2, 0.25) is 5.91 Å². The Hall–Kier alpha value is -2.66. The summed E-state index contributed by atoms with van der Waals surface area (Å²) in [5.41, 5.74) is 13.5. The Kier molecular flexibility index (Phi) is 4.68. The van der Waals surface area contributed by atoms with Gasteiger partial charge in [0.1, 0.15) is 0 Å². The second-order valence-corrected chi connectivity index (χ2v) is 4.65. The number of hydrogen-bond acceptors (Lipinski definition) is 3. The van der Waals surface area contributed by atoms with E-state index in [1.807, 2.05) is 12.1 Å². The van der Waals surface area contributed by atoms with E-state index in [0.717, 1.165) is 11.1 Å². The maximum atomic E-state index is 12.1. The maximum Gasteiger partial charge on any atom is 0.251 e. The molecule has 5 nitrogen and oxygen atoms in total. The molecule has 108 valence electrons. The number of carbonyl (C=O) groups is 2. The molecule has 0 spiro atoms. The van der Waals surface area contributed by atoms with Gasteiger partial charge in [-0.05, 0) is 35.4 Å². The van der Waals surface area contributed by atoms with Crippen LogP contribution in [0.4, 0.5) is 0 Å². The second kappa shape index (κ2) is 6.67. The van der Waals surface area contributed by atoms with Crippen LogP contribution in [0, 0.1) is 0 Å². The predicted octanol–water partition coefficient (Wildman–Crippen LogP) is 1.17. The van der Waals surface area contributed by atoms with Gasteiger partial charge in [0.15, 0.2) is 0 Å². The van der Waals surface area contributed by atoms with Crippen LogP contribution in [0.1, 0.15) is 31.8 Å². The molecule has 0 saturated heterocycles. The van der Waals surface area contributed by atoms with E-state index < -0.39 is 5.91 Å². The molecule has 0 radical (unpaired) electrons. The molecule has 21 heavy (non-hydrogen) atoms. The molecule has 0 fully saturated rings. The van der Waals surface area contributed by atoms with Gasteiger partial charge in [-0.1, -0.05) is 24.3 Å². The third-order valence-corrected chi connectivity index (χ3v) is 3.09. The topological polar surface area (TPSA) is 98.2 Å². The van der Waals surface area contributed by atoms with E-state index in [9.17, 15) is 9.59 Å². The fourth-order valence-electron chi connectivity index (χ4n) is 1.96. The van der Waals surface area contributed by atoms with E-state index in [2.05, 4.69) is 5.32 Å². The van der Waals surface area contributed by atoms with E-state index in [4.69, 9.17) is 11.5 Å². The molecular formula is C16H17N3O2. The van der Waals surface area contributed by atoms with Crippen LogP contribution in [0.5, 0.6) is 0 Å². The molecule has 0 aliphatic rings. The lowest BCUT2D eigenvalue weighted by Gasteiger charge is -2.07. The van der Waals surface area contributed by atoms with Crippen LogP contribution in [-0.2, 0) is 13.1 Å². The average Bonchev–Trinajstić information content (AvgIpc) is 2.53. The van der Waals surface area contributed by atoms with Gasteiger partial charge in [-0.3, -0.25) is 9.59 Å². The van der Waals surface area contributed by atoms with Gasteiger partial charge >= 0.3 is 0 Å². The summed E-state index contributed by atoms with van der Waals surface area (Å²) in [6.45, 7) is 0.717. The van der Waals surface area contributed by atoms with Gasteiger partial charge in [0.05, 0.1) is 0 Å². The first-order chi connectivity index (χ1) is 10.1. The van der Waals surface area contributed by atoms with E-state index >= 15 is 0 Å². The monoisotopic (exact) mass is 283 g/mol. The van der Waals surface area contributed by atoms with Gasteiger partial charge < -0.3 is 16.8 Å². The Morgan fingerprint density at radius 1 is 0.952 bits per heavy atom. The van der Waals surface area contributed by atoms with E-state index in [0.29, 0.717) is 24.2 Å². The quantitative estimate of drug-likeness (QED) is 0.768. The third kappa shape index (κ3) is 3.90. The zero-order chi connectivity index (χ0) is 15.2. The fraction of sp³-hybridized carbons (Fsp3) is 0.125. The van der Waals surface area contributed by atoms with Crippen molar-refractivity contribution in [3.8, 4) is 0 Å². The SMILES string of the molecule is NCc1cccc(C(=O)NCc2cccc(C(N)=O)c2)c1. The normalized spacial score (nSPS) is 10.1. The molecule has 2 amide bonds. The number of hydrogen-bond donors (Lipinski definition) is 3. The smallest absolute Gasteiger partial charge is 0.251 e. The molecule has 0 aliphatic carbocycles. The largest absolute Gasteiger partial charge is 0.366 e. The summed E-state index contributed by atoms with van der Waals surface area (Å²) in [5, 5.41) is 2.80. The van der Waals surface area contributed by atoms with Crippen LogP contribution in [0.2, 0.25) is 0 Å². The van der Waals surface area contributed by atoms with Gasteiger partial charge in [0, 0.05) is 24.2 Å². The molecule has 5 heteroatoms. The van der Waals surface area contributed by atoms with Crippen LogP contribution in [0.25, 0.3) is 0 Å². The van der Waals surface area contributed by atoms with Crippen molar-refractivity contribution in [2.75, 3.05) is 0 Å². The number of nitrogens with two attached hydrogens (primary N) is 2. The van der Waals surface area contributed by atoms with E-state index in [1.54, 1.807) is 36.4 Å². The standard InChI is InChI=1S/C16H17N3O2/c17-9-11-3-1-6-14(7-11)16(21)19-10-12-4-2-5-13(8-12)15(18)20/h1-8H,9-10,17H2,(H2,18,20)(H,19,21). The number of rotatable bonds is 5. The summed E-state index contributed by atoms with van der Waals surface area (Å²) < 4.78 is 0. The number of amides is 2. The minimum atomic E-state index is -0.487. The van der Waals surface area contributed by atoms with Crippen molar-refractivity contribution in [2.45, 2.75) is 13.1 Å². The fourth-order valence-corrected chi connectivity index (χ4v) is 1.96. The highest BCUT2D eigenvalue weighted by atomic mass is 16.2. The number of primary amides is 1. The molecule has 0 aromatic heterocycles. The van der Waals surface area contributed by atoms with Crippen molar-refractivity contribution in [3.63, 3.8) is 0 Å². The molecule has 0 bridgehead atoms. The molecule has 0 saturated carbocycles. The lowest BCUT2D eigenvalue weighted by molar-refractivity contribution is 0.0950. The van der Waals surface area contributed by atoms with Gasteiger partial charge in [-0.15, -0.1) is 0 Å². The van der Waals surface area contributed by atoms with Crippen molar-refractivity contribution in [1.29, 1.82) is 0 Å². The minimum absolute atomic E-state index is 0.185. The average molecular weight is 283 g/mol. The molecule has 2 aromatic rings. The Morgan fingerprint density at radius 3 is 2.24 bits per heavy atom. The number of benzene rings is 2. The Labute approximate surface area is 123 Å². The maximum absolute atomic E-state index is 12.1. The lowest BCUT2D eigenvalue weighted by Crippen LogP contribution is -2.23. The summed E-state index contributed by atoms with van der Waals surface area (Å²) in [5.74, 6) is -0.673. The minimum Gasteiger partial charge on any atom is -0.366 e. The summed E-state index contributed by atoms with van der Waals surface area (Å²) >= 11 is 0. The molecule has 5 N–H and O–H groups in total. The van der Waals surface area contributed by atoms with E-state index in [1.165, 1.54) is 0 Å². The summed E-state index contributed by atoms with van der Waals surface area (Å²) in [7, 11) is 0. The highest BCUT2D eigenvalue weighted by molar-refractivity contribution is 5.94. The second-order valence-electron chi connectivity index (χ2n) is 4.65. The van der Waals surface area contributed by atoms with Crippen molar-refractivity contribution < 1.29 is 9.59 Å². The van der Waals surface area contributed by atoms with Crippen LogP contribution in [0.3, 0.4) is 0 Å². The highest BCUT2D eigenvalue weighted by Gasteiger charge is 2.07. The number of carbonyl (C=O) groups excluding carboxylic acids is 2. The van der Waals surface area contributed by atoms with Gasteiger partial charge in [0.25, 0.3) is 5.91 Å². The van der Waals surface area contributed by atoms with Crippen molar-refractivity contribution in [1.82, 2.24) is 5.32 Å². The molecule has 2 aromatic carbocycles. The van der Waals surface area contributed by atoms with Crippen LogP contribution >= 0.6 is 0 Å². The zero-order valence-electron chi connectivity index (χ0n) is 11.5. The van der Waals surface area contributed by atoms with Gasteiger partial charge in [-0.25, -0.2) is 0 Å². The van der Waals surface area contributed by atoms with Crippen molar-refractivity contribution in [2.24, 2.45) is 11.5 Å².